The molecule has 0 amide bonds. The molecule has 0 unspecified atom stereocenters. The lowest BCUT2D eigenvalue weighted by atomic mass is 10.1. The third kappa shape index (κ3) is 6.61. The highest BCUT2D eigenvalue weighted by Crippen LogP contribution is 2.09. The number of nitrogens with one attached hydrogen (secondary N) is 1. The maximum absolute atomic E-state index is 9.40. The van der Waals surface area contributed by atoms with Gasteiger partial charge < -0.3 is 21.1 Å². The maximum Gasteiger partial charge on any atom is 0.188 e. The molecule has 0 saturated carbocycles. The fourth-order valence-corrected chi connectivity index (χ4v) is 1.94. The van der Waals surface area contributed by atoms with E-state index in [1.54, 1.807) is 0 Å². The van der Waals surface area contributed by atoms with Crippen LogP contribution in [0.5, 0.6) is 0 Å². The number of piperidine rings is 1. The topological polar surface area (TPSA) is 73.9 Å². The van der Waals surface area contributed by atoms with Gasteiger partial charge in [-0.3, -0.25) is 0 Å². The van der Waals surface area contributed by atoms with Crippen LogP contribution in [0.4, 0.5) is 0 Å². The second-order valence-electron chi connectivity index (χ2n) is 5.01. The first kappa shape index (κ1) is 15.0. The van der Waals surface area contributed by atoms with Gasteiger partial charge in [-0.15, -0.1) is 0 Å². The zero-order valence-electron chi connectivity index (χ0n) is 11.4. The molecule has 0 atom stereocenters. The number of likely N-dealkylation sites (tertiary alicyclic amines) is 1. The number of hydrogen-bond donors (Lipinski definition) is 3. The van der Waals surface area contributed by atoms with E-state index in [0.717, 1.165) is 51.0 Å². The fourth-order valence-electron chi connectivity index (χ4n) is 1.94. The lowest BCUT2D eigenvalue weighted by Crippen LogP contribution is -2.38. The Kier molecular flexibility index (Phi) is 6.75. The Labute approximate surface area is 110 Å². The van der Waals surface area contributed by atoms with Crippen LogP contribution in [0.2, 0.25) is 0 Å². The fraction of sp³-hybridized carbons (Fsp3) is 0.769. The number of rotatable bonds is 6. The average molecular weight is 254 g/mol. The molecule has 0 spiro atoms. The van der Waals surface area contributed by atoms with Crippen molar-refractivity contribution in [1.82, 2.24) is 10.2 Å². The summed E-state index contributed by atoms with van der Waals surface area (Å²) in [7, 11) is 0. The van der Waals surface area contributed by atoms with Crippen LogP contribution in [0.1, 0.15) is 26.2 Å². The zero-order chi connectivity index (χ0) is 13.4. The summed E-state index contributed by atoms with van der Waals surface area (Å²) >= 11 is 0. The summed E-state index contributed by atoms with van der Waals surface area (Å²) in [4.78, 5) is 6.54. The summed E-state index contributed by atoms with van der Waals surface area (Å²) in [6.45, 7) is 10.2. The Bertz CT molecular complexity index is 283. The first-order chi connectivity index (χ1) is 8.58. The average Bonchev–Trinajstić information content (AvgIpc) is 2.34. The number of aliphatic imine (C=N–C) groups is 1. The van der Waals surface area contributed by atoms with Gasteiger partial charge >= 0.3 is 0 Å². The molecule has 1 aliphatic heterocycles. The molecule has 1 fully saturated rings. The molecule has 0 bridgehead atoms. The summed E-state index contributed by atoms with van der Waals surface area (Å²) in [6.07, 6.45) is 2.74. The SMILES string of the molecule is C=C(C)CN=C(N)NCCCN1CCC(O)CC1. The minimum Gasteiger partial charge on any atom is -0.393 e. The van der Waals surface area contributed by atoms with Crippen molar-refractivity contribution in [3.8, 4) is 0 Å². The third-order valence-corrected chi connectivity index (χ3v) is 3.03. The molecule has 0 aromatic heterocycles. The number of hydrogen-bond acceptors (Lipinski definition) is 3. The van der Waals surface area contributed by atoms with E-state index in [-0.39, 0.29) is 6.10 Å². The molecular weight excluding hydrogens is 228 g/mol. The number of guanidine groups is 1. The second-order valence-corrected chi connectivity index (χ2v) is 5.01. The Morgan fingerprint density at radius 1 is 1.50 bits per heavy atom. The Balaban J connectivity index is 2.04. The first-order valence-corrected chi connectivity index (χ1v) is 6.66. The van der Waals surface area contributed by atoms with Crippen molar-refractivity contribution in [1.29, 1.82) is 0 Å². The normalized spacial score (nSPS) is 18.9. The van der Waals surface area contributed by atoms with Crippen molar-refractivity contribution >= 4 is 5.96 Å². The molecule has 0 aromatic rings. The van der Waals surface area contributed by atoms with Crippen LogP contribution in [-0.2, 0) is 0 Å². The van der Waals surface area contributed by atoms with Crippen LogP contribution < -0.4 is 11.1 Å². The van der Waals surface area contributed by atoms with Crippen molar-refractivity contribution in [3.05, 3.63) is 12.2 Å². The molecule has 1 rings (SSSR count). The number of nitrogens with two attached hydrogens (primary N) is 1. The van der Waals surface area contributed by atoms with Gasteiger partial charge in [-0.05, 0) is 32.7 Å². The first-order valence-electron chi connectivity index (χ1n) is 6.66. The predicted molar refractivity (Wildman–Crippen MR) is 75.6 cm³/mol. The quantitative estimate of drug-likeness (QED) is 0.276. The summed E-state index contributed by atoms with van der Waals surface area (Å²) < 4.78 is 0. The van der Waals surface area contributed by atoms with E-state index < -0.39 is 0 Å². The highest BCUT2D eigenvalue weighted by molar-refractivity contribution is 5.77. The van der Waals surface area contributed by atoms with E-state index in [9.17, 15) is 5.11 Å². The van der Waals surface area contributed by atoms with E-state index in [0.29, 0.717) is 12.5 Å². The highest BCUT2D eigenvalue weighted by atomic mass is 16.3. The van der Waals surface area contributed by atoms with Crippen LogP contribution in [0.25, 0.3) is 0 Å². The number of aliphatic hydroxyl groups is 1. The van der Waals surface area contributed by atoms with Crippen LogP contribution in [0, 0.1) is 0 Å². The van der Waals surface area contributed by atoms with Gasteiger partial charge in [0.1, 0.15) is 0 Å². The minimum absolute atomic E-state index is 0.0932. The second kappa shape index (κ2) is 8.11. The van der Waals surface area contributed by atoms with Crippen LogP contribution in [-0.4, -0.2) is 54.8 Å². The van der Waals surface area contributed by atoms with Gasteiger partial charge in [0.2, 0.25) is 0 Å². The smallest absolute Gasteiger partial charge is 0.188 e. The Hall–Kier alpha value is -1.07. The molecule has 1 aliphatic rings. The molecule has 5 nitrogen and oxygen atoms in total. The molecule has 18 heavy (non-hydrogen) atoms. The Morgan fingerprint density at radius 3 is 2.78 bits per heavy atom. The van der Waals surface area contributed by atoms with E-state index in [4.69, 9.17) is 5.73 Å². The van der Waals surface area contributed by atoms with E-state index in [2.05, 4.69) is 21.8 Å². The van der Waals surface area contributed by atoms with Gasteiger partial charge in [-0.1, -0.05) is 12.2 Å². The van der Waals surface area contributed by atoms with E-state index in [1.807, 2.05) is 6.92 Å². The number of nitrogens with zero attached hydrogens (tertiary/aromatic N) is 2. The molecule has 104 valence electrons. The molecule has 0 aliphatic carbocycles. The molecule has 1 heterocycles. The van der Waals surface area contributed by atoms with Gasteiger partial charge in [-0.2, -0.15) is 0 Å². The standard InChI is InChI=1S/C13H26N4O/c1-11(2)10-16-13(14)15-6-3-7-17-8-4-12(18)5-9-17/h12,18H,1,3-10H2,2H3,(H3,14,15,16). The van der Waals surface area contributed by atoms with Gasteiger partial charge in [-0.25, -0.2) is 4.99 Å². The minimum atomic E-state index is -0.0932. The van der Waals surface area contributed by atoms with Crippen molar-refractivity contribution < 1.29 is 5.11 Å². The van der Waals surface area contributed by atoms with Gasteiger partial charge in [0.15, 0.2) is 5.96 Å². The van der Waals surface area contributed by atoms with E-state index in [1.165, 1.54) is 0 Å². The van der Waals surface area contributed by atoms with Gasteiger partial charge in [0.05, 0.1) is 12.6 Å². The maximum atomic E-state index is 9.40. The summed E-state index contributed by atoms with van der Waals surface area (Å²) in [5, 5.41) is 12.5. The lowest BCUT2D eigenvalue weighted by molar-refractivity contribution is 0.0823. The molecule has 4 N–H and O–H groups in total. The summed E-state index contributed by atoms with van der Waals surface area (Å²) in [6, 6.07) is 0. The van der Waals surface area contributed by atoms with Gasteiger partial charge in [0.25, 0.3) is 0 Å². The lowest BCUT2D eigenvalue weighted by Gasteiger charge is -2.29. The van der Waals surface area contributed by atoms with Crippen molar-refractivity contribution in [2.45, 2.75) is 32.3 Å². The van der Waals surface area contributed by atoms with Crippen molar-refractivity contribution in [3.63, 3.8) is 0 Å². The largest absolute Gasteiger partial charge is 0.393 e. The number of aliphatic hydroxyl groups excluding tert-OH is 1. The summed E-state index contributed by atoms with van der Waals surface area (Å²) in [5.74, 6) is 0.493. The van der Waals surface area contributed by atoms with Crippen molar-refractivity contribution in [2.75, 3.05) is 32.7 Å². The Morgan fingerprint density at radius 2 is 2.17 bits per heavy atom. The molecule has 0 radical (unpaired) electrons. The zero-order valence-corrected chi connectivity index (χ0v) is 11.4. The monoisotopic (exact) mass is 254 g/mol. The summed E-state index contributed by atoms with van der Waals surface area (Å²) in [5.41, 5.74) is 6.72. The van der Waals surface area contributed by atoms with Gasteiger partial charge in [0, 0.05) is 19.6 Å². The van der Waals surface area contributed by atoms with Crippen LogP contribution in [0.3, 0.4) is 0 Å². The van der Waals surface area contributed by atoms with E-state index >= 15 is 0 Å². The third-order valence-electron chi connectivity index (χ3n) is 3.03. The molecule has 5 heteroatoms. The van der Waals surface area contributed by atoms with Crippen LogP contribution in [0.15, 0.2) is 17.1 Å². The molecule has 1 saturated heterocycles. The van der Waals surface area contributed by atoms with Crippen molar-refractivity contribution in [2.24, 2.45) is 10.7 Å². The predicted octanol–water partition coefficient (Wildman–Crippen LogP) is 0.314. The molecule has 0 aromatic carbocycles. The molecular formula is C13H26N4O. The van der Waals surface area contributed by atoms with Crippen LogP contribution >= 0.6 is 0 Å². The highest BCUT2D eigenvalue weighted by Gasteiger charge is 2.15.